The van der Waals surface area contributed by atoms with Crippen molar-refractivity contribution in [2.45, 2.75) is 6.92 Å². The number of nitroso groups, excluding NO2 is 1. The second-order valence-electron chi connectivity index (χ2n) is 1.91. The maximum atomic E-state index is 11.9. The molecule has 0 aliphatic carbocycles. The minimum absolute atomic E-state index is 0.178. The first-order valence-electron chi connectivity index (χ1n) is 3.21. The van der Waals surface area contributed by atoms with Gasteiger partial charge in [0.1, 0.15) is 5.82 Å². The Morgan fingerprint density at radius 1 is 1.33 bits per heavy atom. The summed E-state index contributed by atoms with van der Waals surface area (Å²) >= 11 is 0. The first-order valence-corrected chi connectivity index (χ1v) is 3.21. The quantitative estimate of drug-likeness (QED) is 0.558. The second-order valence-corrected chi connectivity index (χ2v) is 1.91. The van der Waals surface area contributed by atoms with E-state index in [9.17, 15) is 9.18 Å². The molecule has 0 aliphatic heterocycles. The Labute approximate surface area is 69.2 Å². The molecular weight excluding hydrogens is 161 g/mol. The monoisotopic (exact) mass is 169 g/mol. The van der Waals surface area contributed by atoms with E-state index in [1.54, 1.807) is 18.2 Å². The Balaban J connectivity index is 0.000000217. The van der Waals surface area contributed by atoms with Crippen LogP contribution in [0.3, 0.4) is 0 Å². The van der Waals surface area contributed by atoms with Gasteiger partial charge in [-0.1, -0.05) is 18.2 Å². The molecule has 12 heavy (non-hydrogen) atoms. The van der Waals surface area contributed by atoms with Gasteiger partial charge in [0, 0.05) is 12.1 Å². The highest BCUT2D eigenvalue weighted by atomic mass is 19.1. The fraction of sp³-hybridized carbons (Fsp3) is 0.125. The molecular formula is C8H8FNO2. The summed E-state index contributed by atoms with van der Waals surface area (Å²) in [6.45, 7) is 1.10. The van der Waals surface area contributed by atoms with E-state index in [1.807, 2.05) is 5.18 Å². The SMILES string of the molecule is CC(=O)N=O.Fc1ccccc1. The van der Waals surface area contributed by atoms with Crippen molar-refractivity contribution in [2.75, 3.05) is 0 Å². The Morgan fingerprint density at radius 3 is 1.92 bits per heavy atom. The molecule has 1 aromatic rings. The third kappa shape index (κ3) is 6.54. The van der Waals surface area contributed by atoms with Crippen molar-refractivity contribution in [2.24, 2.45) is 5.18 Å². The van der Waals surface area contributed by atoms with Gasteiger partial charge in [-0.25, -0.2) is 4.39 Å². The highest BCUT2D eigenvalue weighted by Gasteiger charge is 1.77. The number of rotatable bonds is 0. The molecule has 0 aliphatic rings. The average Bonchev–Trinajstić information content (AvgIpc) is 2.07. The van der Waals surface area contributed by atoms with Gasteiger partial charge in [-0.3, -0.25) is 4.79 Å². The summed E-state index contributed by atoms with van der Waals surface area (Å²) in [6, 6.07) is 7.94. The van der Waals surface area contributed by atoms with Crippen molar-refractivity contribution in [3.8, 4) is 0 Å². The van der Waals surface area contributed by atoms with Crippen LogP contribution < -0.4 is 0 Å². The molecule has 1 amide bonds. The van der Waals surface area contributed by atoms with Crippen molar-refractivity contribution in [1.29, 1.82) is 0 Å². The molecule has 0 spiro atoms. The zero-order chi connectivity index (χ0) is 9.40. The normalized spacial score (nSPS) is 7.83. The molecule has 0 saturated carbocycles. The average molecular weight is 169 g/mol. The zero-order valence-corrected chi connectivity index (χ0v) is 6.53. The number of hydrogen-bond donors (Lipinski definition) is 0. The van der Waals surface area contributed by atoms with Gasteiger partial charge in [-0.2, -0.15) is 0 Å². The van der Waals surface area contributed by atoms with E-state index in [2.05, 4.69) is 0 Å². The molecule has 0 heterocycles. The van der Waals surface area contributed by atoms with Crippen molar-refractivity contribution in [3.05, 3.63) is 41.1 Å². The van der Waals surface area contributed by atoms with Crippen LogP contribution in [0.15, 0.2) is 35.5 Å². The molecule has 0 unspecified atom stereocenters. The first kappa shape index (κ1) is 10.4. The van der Waals surface area contributed by atoms with Gasteiger partial charge in [-0.05, 0) is 12.1 Å². The molecule has 0 fully saturated rings. The zero-order valence-electron chi connectivity index (χ0n) is 6.53. The molecule has 0 atom stereocenters. The largest absolute Gasteiger partial charge is 0.283 e. The lowest BCUT2D eigenvalue weighted by molar-refractivity contribution is -0.115. The van der Waals surface area contributed by atoms with Crippen LogP contribution in [0, 0.1) is 10.7 Å². The van der Waals surface area contributed by atoms with Gasteiger partial charge in [0.25, 0.3) is 5.91 Å². The summed E-state index contributed by atoms with van der Waals surface area (Å²) in [6.07, 6.45) is 0. The van der Waals surface area contributed by atoms with E-state index < -0.39 is 5.91 Å². The van der Waals surface area contributed by atoms with Crippen LogP contribution in [0.4, 0.5) is 4.39 Å². The van der Waals surface area contributed by atoms with E-state index >= 15 is 0 Å². The lowest BCUT2D eigenvalue weighted by Gasteiger charge is -1.78. The van der Waals surface area contributed by atoms with E-state index in [4.69, 9.17) is 4.91 Å². The molecule has 1 rings (SSSR count). The third-order valence-electron chi connectivity index (χ3n) is 0.862. The molecule has 1 aromatic carbocycles. The predicted molar refractivity (Wildman–Crippen MR) is 42.9 cm³/mol. The van der Waals surface area contributed by atoms with Gasteiger partial charge in [0.2, 0.25) is 0 Å². The molecule has 64 valence electrons. The number of benzene rings is 1. The highest BCUT2D eigenvalue weighted by Crippen LogP contribution is 1.91. The number of hydrogen-bond acceptors (Lipinski definition) is 2. The lowest BCUT2D eigenvalue weighted by atomic mass is 10.4. The fourth-order valence-corrected chi connectivity index (χ4v) is 0.415. The Morgan fingerprint density at radius 2 is 1.75 bits per heavy atom. The highest BCUT2D eigenvalue weighted by molar-refractivity contribution is 5.73. The van der Waals surface area contributed by atoms with Crippen LogP contribution in [-0.4, -0.2) is 5.91 Å². The van der Waals surface area contributed by atoms with Crippen LogP contribution >= 0.6 is 0 Å². The van der Waals surface area contributed by atoms with E-state index in [-0.39, 0.29) is 5.82 Å². The smallest absolute Gasteiger partial charge is 0.269 e. The molecule has 0 N–H and O–H groups in total. The van der Waals surface area contributed by atoms with Gasteiger partial charge >= 0.3 is 0 Å². The topological polar surface area (TPSA) is 46.5 Å². The Kier molecular flexibility index (Phi) is 5.34. The van der Waals surface area contributed by atoms with Crippen LogP contribution in [0.2, 0.25) is 0 Å². The van der Waals surface area contributed by atoms with Gasteiger partial charge < -0.3 is 0 Å². The fourth-order valence-electron chi connectivity index (χ4n) is 0.415. The lowest BCUT2D eigenvalue weighted by Crippen LogP contribution is -1.74. The summed E-state index contributed by atoms with van der Waals surface area (Å²) in [5, 5.41) is 2.00. The van der Waals surface area contributed by atoms with E-state index in [0.29, 0.717) is 0 Å². The van der Waals surface area contributed by atoms with Crippen molar-refractivity contribution >= 4 is 5.91 Å². The number of carbonyl (C=O) groups excluding carboxylic acids is 1. The first-order chi connectivity index (χ1) is 5.66. The predicted octanol–water partition coefficient (Wildman–Crippen LogP) is 2.12. The maximum Gasteiger partial charge on any atom is 0.283 e. The van der Waals surface area contributed by atoms with Crippen molar-refractivity contribution < 1.29 is 9.18 Å². The summed E-state index contributed by atoms with van der Waals surface area (Å²) in [5.41, 5.74) is 0. The summed E-state index contributed by atoms with van der Waals surface area (Å²) in [4.78, 5) is 18.2. The van der Waals surface area contributed by atoms with Crippen LogP contribution in [-0.2, 0) is 4.79 Å². The van der Waals surface area contributed by atoms with Crippen molar-refractivity contribution in [1.82, 2.24) is 0 Å². The summed E-state index contributed by atoms with van der Waals surface area (Å²) in [5.74, 6) is -0.854. The third-order valence-corrected chi connectivity index (χ3v) is 0.862. The minimum Gasteiger partial charge on any atom is -0.269 e. The number of amides is 1. The van der Waals surface area contributed by atoms with Crippen molar-refractivity contribution in [3.63, 3.8) is 0 Å². The van der Waals surface area contributed by atoms with Crippen LogP contribution in [0.5, 0.6) is 0 Å². The molecule has 3 nitrogen and oxygen atoms in total. The molecule has 4 heteroatoms. The molecule has 0 bridgehead atoms. The van der Waals surface area contributed by atoms with Crippen LogP contribution in [0.1, 0.15) is 6.92 Å². The molecule has 0 radical (unpaired) electrons. The van der Waals surface area contributed by atoms with E-state index in [1.165, 1.54) is 12.1 Å². The van der Waals surface area contributed by atoms with Gasteiger partial charge in [0.05, 0.1) is 0 Å². The minimum atomic E-state index is -0.676. The summed E-state index contributed by atoms with van der Waals surface area (Å²) in [7, 11) is 0. The standard InChI is InChI=1S/C6H5F.C2H3NO2/c7-6-4-2-1-3-5-6;1-2(4)3-5/h1-5H;1H3. The number of nitrogens with zero attached hydrogens (tertiary/aromatic N) is 1. The number of halogens is 1. The van der Waals surface area contributed by atoms with E-state index in [0.717, 1.165) is 6.92 Å². The van der Waals surface area contributed by atoms with Crippen LogP contribution in [0.25, 0.3) is 0 Å². The van der Waals surface area contributed by atoms with Gasteiger partial charge in [-0.15, -0.1) is 4.91 Å². The Bertz CT molecular complexity index is 248. The summed E-state index contributed by atoms with van der Waals surface area (Å²) < 4.78 is 11.9. The number of carbonyl (C=O) groups is 1. The maximum absolute atomic E-state index is 11.9. The Hall–Kier alpha value is -1.58. The molecule has 0 aromatic heterocycles. The second kappa shape index (κ2) is 6.15. The molecule has 0 saturated heterocycles. The van der Waals surface area contributed by atoms with Gasteiger partial charge in [0.15, 0.2) is 0 Å².